The topological polar surface area (TPSA) is 87.6 Å². The molecular formula is C14H19N3O3S3. The van der Waals surface area contributed by atoms with Gasteiger partial charge in [-0.2, -0.15) is 0 Å². The summed E-state index contributed by atoms with van der Waals surface area (Å²) in [5.41, 5.74) is 0.509. The molecule has 1 aromatic carbocycles. The van der Waals surface area contributed by atoms with Crippen LogP contribution in [0.3, 0.4) is 0 Å². The zero-order valence-electron chi connectivity index (χ0n) is 13.1. The van der Waals surface area contributed by atoms with E-state index in [0.717, 1.165) is 0 Å². The molecule has 0 spiro atoms. The van der Waals surface area contributed by atoms with Gasteiger partial charge in [-0.05, 0) is 32.4 Å². The van der Waals surface area contributed by atoms with E-state index in [9.17, 15) is 12.6 Å². The van der Waals surface area contributed by atoms with Crippen molar-refractivity contribution in [3.63, 3.8) is 0 Å². The quantitative estimate of drug-likeness (QED) is 0.768. The molecule has 1 aromatic rings. The second-order valence-electron chi connectivity index (χ2n) is 5.58. The van der Waals surface area contributed by atoms with Crippen LogP contribution in [-0.4, -0.2) is 34.1 Å². The number of nitrogens with one attached hydrogen (secondary N) is 2. The van der Waals surface area contributed by atoms with Gasteiger partial charge in [-0.3, -0.25) is 8.93 Å². The maximum Gasteiger partial charge on any atom is 0.232 e. The number of amidine groups is 1. The molecule has 1 atom stereocenters. The Morgan fingerprint density at radius 3 is 2.57 bits per heavy atom. The number of anilines is 1. The normalized spacial score (nSPS) is 18.2. The number of rotatable bonds is 5. The minimum absolute atomic E-state index is 0.0266. The van der Waals surface area contributed by atoms with Gasteiger partial charge in [0.25, 0.3) is 0 Å². The van der Waals surface area contributed by atoms with Crippen LogP contribution >= 0.6 is 12.2 Å². The fourth-order valence-electron chi connectivity index (χ4n) is 1.89. The molecule has 23 heavy (non-hydrogen) atoms. The summed E-state index contributed by atoms with van der Waals surface area (Å²) in [6, 6.07) is 6.89. The van der Waals surface area contributed by atoms with Gasteiger partial charge in [0, 0.05) is 0 Å². The summed E-state index contributed by atoms with van der Waals surface area (Å²) in [6.45, 7) is 5.25. The van der Waals surface area contributed by atoms with Crippen LogP contribution in [0.25, 0.3) is 0 Å². The van der Waals surface area contributed by atoms with Crippen molar-refractivity contribution in [3.05, 3.63) is 29.8 Å². The Morgan fingerprint density at radius 2 is 2.00 bits per heavy atom. The zero-order chi connectivity index (χ0) is 17.3. The molecule has 9 heteroatoms. The predicted octanol–water partition coefficient (Wildman–Crippen LogP) is 1.76. The smallest absolute Gasteiger partial charge is 0.232 e. The first-order valence-corrected chi connectivity index (χ1v) is 10.4. The second kappa shape index (κ2) is 6.66. The average molecular weight is 374 g/mol. The molecule has 0 aliphatic carbocycles. The van der Waals surface area contributed by atoms with Crippen molar-refractivity contribution < 1.29 is 12.6 Å². The molecule has 2 N–H and O–H groups in total. The largest absolute Gasteiger partial charge is 0.325 e. The Bertz CT molecular complexity index is 785. The molecule has 0 aromatic heterocycles. The van der Waals surface area contributed by atoms with Crippen molar-refractivity contribution in [2.75, 3.05) is 10.5 Å². The number of hydrogen-bond donors (Lipinski definition) is 2. The molecular weight excluding hydrogens is 354 g/mol. The Labute approximate surface area is 144 Å². The van der Waals surface area contributed by atoms with Crippen molar-refractivity contribution in [1.82, 2.24) is 5.32 Å². The van der Waals surface area contributed by atoms with E-state index in [1.807, 2.05) is 13.8 Å². The van der Waals surface area contributed by atoms with E-state index in [0.29, 0.717) is 21.4 Å². The van der Waals surface area contributed by atoms with Gasteiger partial charge in [0.15, 0.2) is 5.17 Å². The summed E-state index contributed by atoms with van der Waals surface area (Å²) in [6.07, 6.45) is 0. The lowest BCUT2D eigenvalue weighted by Crippen LogP contribution is -2.34. The van der Waals surface area contributed by atoms with Crippen LogP contribution in [-0.2, 0) is 26.6 Å². The van der Waals surface area contributed by atoms with E-state index in [-0.39, 0.29) is 11.5 Å². The first-order valence-electron chi connectivity index (χ1n) is 7.02. The van der Waals surface area contributed by atoms with Crippen LogP contribution < -0.4 is 10.0 Å². The van der Waals surface area contributed by atoms with E-state index >= 15 is 0 Å². The monoisotopic (exact) mass is 373 g/mol. The highest BCUT2D eigenvalue weighted by atomic mass is 32.2. The minimum Gasteiger partial charge on any atom is -0.325 e. The molecule has 0 radical (unpaired) electrons. The van der Waals surface area contributed by atoms with Gasteiger partial charge >= 0.3 is 0 Å². The van der Waals surface area contributed by atoms with E-state index in [4.69, 9.17) is 12.2 Å². The lowest BCUT2D eigenvalue weighted by atomic mass is 10.1. The Balaban J connectivity index is 2.22. The molecule has 2 rings (SSSR count). The lowest BCUT2D eigenvalue weighted by molar-refractivity contribution is 0.602. The fourth-order valence-corrected chi connectivity index (χ4v) is 3.99. The number of para-hydroxylation sites is 1. The first kappa shape index (κ1) is 18.0. The minimum atomic E-state index is -3.39. The van der Waals surface area contributed by atoms with Gasteiger partial charge in [0.05, 0.1) is 28.0 Å². The molecule has 6 nitrogen and oxygen atoms in total. The van der Waals surface area contributed by atoms with E-state index in [2.05, 4.69) is 15.0 Å². The summed E-state index contributed by atoms with van der Waals surface area (Å²) in [5, 5.41) is 3.21. The third-order valence-electron chi connectivity index (χ3n) is 3.32. The van der Waals surface area contributed by atoms with Crippen molar-refractivity contribution in [2.45, 2.75) is 32.1 Å². The molecule has 0 saturated heterocycles. The molecule has 0 saturated carbocycles. The number of sulfonamides is 1. The van der Waals surface area contributed by atoms with Crippen molar-refractivity contribution >= 4 is 48.9 Å². The number of hydrogen-bond acceptors (Lipinski definition) is 5. The van der Waals surface area contributed by atoms with E-state index < -0.39 is 26.4 Å². The summed E-state index contributed by atoms with van der Waals surface area (Å²) in [7, 11) is -4.83. The number of nitrogens with zero attached hydrogens (tertiary/aromatic N) is 1. The van der Waals surface area contributed by atoms with Crippen LogP contribution in [0.5, 0.6) is 0 Å². The molecule has 126 valence electrons. The molecule has 1 unspecified atom stereocenters. The molecule has 1 heterocycles. The highest BCUT2D eigenvalue weighted by molar-refractivity contribution is 8.00. The van der Waals surface area contributed by atoms with Crippen LogP contribution in [0.1, 0.15) is 26.3 Å². The summed E-state index contributed by atoms with van der Waals surface area (Å²) < 4.78 is 38.5. The highest BCUT2D eigenvalue weighted by Gasteiger charge is 2.32. The highest BCUT2D eigenvalue weighted by Crippen LogP contribution is 2.21. The van der Waals surface area contributed by atoms with Gasteiger partial charge in [-0.1, -0.05) is 30.4 Å². The Kier molecular flexibility index (Phi) is 5.22. The SMILES string of the molecule is CCS(=O)(=O)Nc1ccccc1CS(=O)C1=NC(C)(C)C(=S)N1. The third-order valence-corrected chi connectivity index (χ3v) is 6.41. The Morgan fingerprint density at radius 1 is 1.35 bits per heavy atom. The predicted molar refractivity (Wildman–Crippen MR) is 98.6 cm³/mol. The van der Waals surface area contributed by atoms with Crippen LogP contribution in [0.15, 0.2) is 29.3 Å². The van der Waals surface area contributed by atoms with Crippen LogP contribution in [0.2, 0.25) is 0 Å². The number of thiocarbonyl (C=S) groups is 1. The molecule has 0 fully saturated rings. The van der Waals surface area contributed by atoms with Gasteiger partial charge in [0.1, 0.15) is 10.5 Å². The average Bonchev–Trinajstić information content (AvgIpc) is 2.75. The lowest BCUT2D eigenvalue weighted by Gasteiger charge is -2.11. The van der Waals surface area contributed by atoms with E-state index in [1.54, 1.807) is 31.2 Å². The van der Waals surface area contributed by atoms with Crippen molar-refractivity contribution in [2.24, 2.45) is 4.99 Å². The van der Waals surface area contributed by atoms with Crippen LogP contribution in [0.4, 0.5) is 5.69 Å². The van der Waals surface area contributed by atoms with Gasteiger partial charge in [0.2, 0.25) is 10.0 Å². The fraction of sp³-hybridized carbons (Fsp3) is 0.429. The molecule has 1 aliphatic heterocycles. The second-order valence-corrected chi connectivity index (χ2v) is 9.37. The molecule has 1 aliphatic rings. The maximum atomic E-state index is 12.5. The third kappa shape index (κ3) is 4.36. The van der Waals surface area contributed by atoms with Gasteiger partial charge in [-0.15, -0.1) is 0 Å². The number of benzene rings is 1. The summed E-state index contributed by atoms with van der Waals surface area (Å²) in [5.74, 6) is 0.119. The van der Waals surface area contributed by atoms with Gasteiger partial charge < -0.3 is 5.32 Å². The molecule has 0 amide bonds. The standard InChI is InChI=1S/C14H19N3O3S3/c1-4-23(19,20)17-11-8-6-5-7-10(11)9-22(18)13-15-12(21)14(2,3)16-13/h5-8,17H,4,9H2,1-3H3,(H,15,16,21). The van der Waals surface area contributed by atoms with Gasteiger partial charge in [-0.25, -0.2) is 13.4 Å². The zero-order valence-corrected chi connectivity index (χ0v) is 15.6. The Hall–Kier alpha value is -1.32. The maximum absolute atomic E-state index is 12.5. The molecule has 0 bridgehead atoms. The summed E-state index contributed by atoms with van der Waals surface area (Å²) >= 11 is 5.18. The number of aliphatic imine (C=N–C) groups is 1. The summed E-state index contributed by atoms with van der Waals surface area (Å²) in [4.78, 5) is 4.87. The van der Waals surface area contributed by atoms with E-state index in [1.165, 1.54) is 0 Å². The first-order chi connectivity index (χ1) is 10.6. The van der Waals surface area contributed by atoms with Crippen molar-refractivity contribution in [3.8, 4) is 0 Å². The van der Waals surface area contributed by atoms with Crippen LogP contribution in [0, 0.1) is 0 Å². The van der Waals surface area contributed by atoms with Crippen molar-refractivity contribution in [1.29, 1.82) is 0 Å².